The van der Waals surface area contributed by atoms with E-state index in [9.17, 15) is 9.59 Å². The van der Waals surface area contributed by atoms with Crippen LogP contribution in [0.3, 0.4) is 0 Å². The summed E-state index contributed by atoms with van der Waals surface area (Å²) >= 11 is 12.0. The smallest absolute Gasteiger partial charge is 0.239 e. The van der Waals surface area contributed by atoms with Crippen LogP contribution in [-0.2, 0) is 16.1 Å². The number of hydrogen-bond acceptors (Lipinski definition) is 2. The van der Waals surface area contributed by atoms with Gasteiger partial charge in [-0.1, -0.05) is 41.4 Å². The number of anilines is 1. The molecule has 0 N–H and O–H groups in total. The van der Waals surface area contributed by atoms with E-state index in [0.29, 0.717) is 29.6 Å². The van der Waals surface area contributed by atoms with Gasteiger partial charge in [0, 0.05) is 35.9 Å². The molecule has 25 heavy (non-hydrogen) atoms. The van der Waals surface area contributed by atoms with Crippen LogP contribution in [-0.4, -0.2) is 30.3 Å². The average molecular weight is 377 g/mol. The van der Waals surface area contributed by atoms with Crippen LogP contribution in [0.5, 0.6) is 0 Å². The lowest BCUT2D eigenvalue weighted by molar-refractivity contribution is -0.139. The van der Waals surface area contributed by atoms with Crippen molar-refractivity contribution in [3.8, 4) is 0 Å². The van der Waals surface area contributed by atoms with Crippen LogP contribution in [0.15, 0.2) is 48.5 Å². The fourth-order valence-electron chi connectivity index (χ4n) is 3.01. The zero-order valence-corrected chi connectivity index (χ0v) is 15.3. The molecular formula is C19H18Cl2N2O2. The molecule has 0 aromatic heterocycles. The summed E-state index contributed by atoms with van der Waals surface area (Å²) < 4.78 is 0. The maximum atomic E-state index is 12.7. The lowest BCUT2D eigenvalue weighted by Gasteiger charge is -2.22. The number of nitrogens with zero attached hydrogens (tertiary/aromatic N) is 2. The number of amides is 2. The maximum absolute atomic E-state index is 12.7. The van der Waals surface area contributed by atoms with E-state index in [1.54, 1.807) is 47.2 Å². The number of benzene rings is 2. The molecule has 3 rings (SSSR count). The first kappa shape index (κ1) is 17.8. The Morgan fingerprint density at radius 2 is 1.84 bits per heavy atom. The summed E-state index contributed by atoms with van der Waals surface area (Å²) in [5.74, 6) is -0.997. The molecule has 1 fully saturated rings. The average Bonchev–Trinajstić information content (AvgIpc) is 2.98. The van der Waals surface area contributed by atoms with E-state index in [4.69, 9.17) is 23.2 Å². The molecule has 1 saturated heterocycles. The first-order valence-corrected chi connectivity index (χ1v) is 8.78. The normalized spacial score (nSPS) is 17.0. The summed E-state index contributed by atoms with van der Waals surface area (Å²) in [6, 6.07) is 14.5. The van der Waals surface area contributed by atoms with Crippen LogP contribution in [0.1, 0.15) is 12.0 Å². The first-order chi connectivity index (χ1) is 12.0. The molecule has 0 bridgehead atoms. The molecule has 1 unspecified atom stereocenters. The Morgan fingerprint density at radius 1 is 1.16 bits per heavy atom. The van der Waals surface area contributed by atoms with Crippen LogP contribution < -0.4 is 4.90 Å². The van der Waals surface area contributed by atoms with Gasteiger partial charge >= 0.3 is 0 Å². The Hall–Kier alpha value is -2.04. The molecule has 1 aliphatic heterocycles. The van der Waals surface area contributed by atoms with E-state index in [2.05, 4.69) is 0 Å². The van der Waals surface area contributed by atoms with Gasteiger partial charge in [0.25, 0.3) is 0 Å². The molecule has 0 aliphatic carbocycles. The van der Waals surface area contributed by atoms with Gasteiger partial charge in [0.05, 0.1) is 0 Å². The van der Waals surface area contributed by atoms with E-state index in [-0.39, 0.29) is 11.8 Å². The second-order valence-electron chi connectivity index (χ2n) is 6.09. The monoisotopic (exact) mass is 376 g/mol. The molecule has 2 amide bonds. The third-order valence-corrected chi connectivity index (χ3v) is 5.00. The summed E-state index contributed by atoms with van der Waals surface area (Å²) in [7, 11) is 1.70. The molecule has 130 valence electrons. The summed E-state index contributed by atoms with van der Waals surface area (Å²) in [5, 5.41) is 1.23. The maximum Gasteiger partial charge on any atom is 0.239 e. The van der Waals surface area contributed by atoms with Crippen molar-refractivity contribution in [3.63, 3.8) is 0 Å². The van der Waals surface area contributed by atoms with Crippen molar-refractivity contribution in [1.29, 1.82) is 0 Å². The molecule has 2 aromatic rings. The van der Waals surface area contributed by atoms with Gasteiger partial charge in [0.2, 0.25) is 11.8 Å². The van der Waals surface area contributed by atoms with Crippen molar-refractivity contribution in [2.45, 2.75) is 13.0 Å². The molecule has 1 atom stereocenters. The summed E-state index contributed by atoms with van der Waals surface area (Å²) in [4.78, 5) is 28.6. The molecule has 1 aliphatic rings. The van der Waals surface area contributed by atoms with Crippen molar-refractivity contribution < 1.29 is 9.59 Å². The molecule has 1 heterocycles. The van der Waals surface area contributed by atoms with E-state index in [1.807, 2.05) is 18.2 Å². The Labute approximate surface area is 156 Å². The molecule has 6 heteroatoms. The van der Waals surface area contributed by atoms with Gasteiger partial charge in [-0.2, -0.15) is 0 Å². The third kappa shape index (κ3) is 3.80. The second kappa shape index (κ2) is 7.46. The number of halogens is 2. The Balaban J connectivity index is 1.69. The quantitative estimate of drug-likeness (QED) is 0.756. The highest BCUT2D eigenvalue weighted by atomic mass is 35.5. The van der Waals surface area contributed by atoms with Gasteiger partial charge in [-0.25, -0.2) is 0 Å². The van der Waals surface area contributed by atoms with Crippen LogP contribution >= 0.6 is 23.2 Å². The van der Waals surface area contributed by atoms with Crippen molar-refractivity contribution in [1.82, 2.24) is 4.90 Å². The third-order valence-electron chi connectivity index (χ3n) is 4.38. The number of hydrogen-bond donors (Lipinski definition) is 0. The standard InChI is InChI=1S/C19H18Cl2N2O2/c1-22(12-13-4-2-3-5-17(13)21)18(24)16-10-11-23(19(16)25)15-8-6-14(20)7-9-15/h2-9,16H,10-12H2,1H3. The van der Waals surface area contributed by atoms with E-state index >= 15 is 0 Å². The highest BCUT2D eigenvalue weighted by Crippen LogP contribution is 2.28. The largest absolute Gasteiger partial charge is 0.341 e. The van der Waals surface area contributed by atoms with Gasteiger partial charge in [0.15, 0.2) is 0 Å². The van der Waals surface area contributed by atoms with Crippen LogP contribution in [0, 0.1) is 5.92 Å². The fourth-order valence-corrected chi connectivity index (χ4v) is 3.33. The van der Waals surface area contributed by atoms with Crippen LogP contribution in [0.2, 0.25) is 10.0 Å². The van der Waals surface area contributed by atoms with Crippen molar-refractivity contribution in [3.05, 3.63) is 64.1 Å². The van der Waals surface area contributed by atoms with Crippen molar-refractivity contribution in [2.24, 2.45) is 5.92 Å². The van der Waals surface area contributed by atoms with Gasteiger partial charge in [-0.15, -0.1) is 0 Å². The SMILES string of the molecule is CN(Cc1ccccc1Cl)C(=O)C1CCN(c2ccc(Cl)cc2)C1=O. The number of carbonyl (C=O) groups excluding carboxylic acids is 2. The molecular weight excluding hydrogens is 359 g/mol. The molecule has 0 saturated carbocycles. The summed E-state index contributed by atoms with van der Waals surface area (Å²) in [6.45, 7) is 0.903. The van der Waals surface area contributed by atoms with Gasteiger partial charge < -0.3 is 9.80 Å². The van der Waals surface area contributed by atoms with Gasteiger partial charge in [-0.05, 0) is 42.3 Å². The van der Waals surface area contributed by atoms with E-state index in [1.165, 1.54) is 0 Å². The predicted molar refractivity (Wildman–Crippen MR) is 99.8 cm³/mol. The second-order valence-corrected chi connectivity index (χ2v) is 6.94. The number of rotatable bonds is 4. The lowest BCUT2D eigenvalue weighted by Crippen LogP contribution is -2.37. The summed E-state index contributed by atoms with van der Waals surface area (Å²) in [6.07, 6.45) is 0.507. The zero-order valence-electron chi connectivity index (χ0n) is 13.8. The fraction of sp³-hybridized carbons (Fsp3) is 0.263. The minimum Gasteiger partial charge on any atom is -0.341 e. The highest BCUT2D eigenvalue weighted by molar-refractivity contribution is 6.31. The Morgan fingerprint density at radius 3 is 2.52 bits per heavy atom. The predicted octanol–water partition coefficient (Wildman–Crippen LogP) is 4.00. The Bertz CT molecular complexity index is 792. The Kier molecular flexibility index (Phi) is 5.30. The van der Waals surface area contributed by atoms with Gasteiger partial charge in [-0.3, -0.25) is 9.59 Å². The highest BCUT2D eigenvalue weighted by Gasteiger charge is 2.39. The molecule has 0 spiro atoms. The van der Waals surface area contributed by atoms with Crippen LogP contribution in [0.25, 0.3) is 0 Å². The van der Waals surface area contributed by atoms with Crippen LogP contribution in [0.4, 0.5) is 5.69 Å². The van der Waals surface area contributed by atoms with E-state index in [0.717, 1.165) is 11.3 Å². The van der Waals surface area contributed by atoms with E-state index < -0.39 is 5.92 Å². The summed E-state index contributed by atoms with van der Waals surface area (Å²) in [5.41, 5.74) is 1.62. The molecule has 2 aromatic carbocycles. The minimum atomic E-state index is -0.650. The van der Waals surface area contributed by atoms with Gasteiger partial charge in [0.1, 0.15) is 5.92 Å². The topological polar surface area (TPSA) is 40.6 Å². The zero-order chi connectivity index (χ0) is 18.0. The lowest BCUT2D eigenvalue weighted by atomic mass is 10.1. The minimum absolute atomic E-state index is 0.168. The molecule has 0 radical (unpaired) electrons. The van der Waals surface area contributed by atoms with Crippen molar-refractivity contribution in [2.75, 3.05) is 18.5 Å². The molecule has 4 nitrogen and oxygen atoms in total. The number of carbonyl (C=O) groups is 2. The van der Waals surface area contributed by atoms with Crippen molar-refractivity contribution >= 4 is 40.7 Å². The first-order valence-electron chi connectivity index (χ1n) is 8.02.